The standard InChI is InChI=1S/C17H28FN3/c1-17(2,3)13-7-9-21(12-13)10-8-15(19-4)16-6-5-14(18)11-20-16/h5-6,11,13,15,19H,7-10,12H2,1-4H3. The van der Waals surface area contributed by atoms with Gasteiger partial charge in [0.2, 0.25) is 0 Å². The van der Waals surface area contributed by atoms with Crippen LogP contribution in [-0.2, 0) is 0 Å². The van der Waals surface area contributed by atoms with Crippen LogP contribution in [0.4, 0.5) is 4.39 Å². The monoisotopic (exact) mass is 293 g/mol. The average Bonchev–Trinajstić information content (AvgIpc) is 2.90. The van der Waals surface area contributed by atoms with E-state index in [2.05, 4.69) is 36.0 Å². The summed E-state index contributed by atoms with van der Waals surface area (Å²) >= 11 is 0. The molecular formula is C17H28FN3. The molecular weight excluding hydrogens is 265 g/mol. The van der Waals surface area contributed by atoms with E-state index in [0.717, 1.165) is 24.6 Å². The molecule has 2 unspecified atom stereocenters. The van der Waals surface area contributed by atoms with Gasteiger partial charge in [-0.15, -0.1) is 0 Å². The number of hydrogen-bond donors (Lipinski definition) is 1. The highest BCUT2D eigenvalue weighted by Gasteiger charge is 2.31. The maximum atomic E-state index is 12.9. The lowest BCUT2D eigenvalue weighted by Crippen LogP contribution is -2.29. The smallest absolute Gasteiger partial charge is 0.141 e. The Labute approximate surface area is 127 Å². The van der Waals surface area contributed by atoms with Crippen LogP contribution in [0.5, 0.6) is 0 Å². The van der Waals surface area contributed by atoms with E-state index < -0.39 is 0 Å². The fraction of sp³-hybridized carbons (Fsp3) is 0.706. The van der Waals surface area contributed by atoms with Crippen molar-refractivity contribution in [1.29, 1.82) is 0 Å². The van der Waals surface area contributed by atoms with E-state index >= 15 is 0 Å². The number of hydrogen-bond acceptors (Lipinski definition) is 3. The highest BCUT2D eigenvalue weighted by atomic mass is 19.1. The second kappa shape index (κ2) is 6.84. The van der Waals surface area contributed by atoms with E-state index in [1.807, 2.05) is 7.05 Å². The summed E-state index contributed by atoms with van der Waals surface area (Å²) in [7, 11) is 1.94. The van der Waals surface area contributed by atoms with Crippen LogP contribution >= 0.6 is 0 Å². The molecule has 1 aliphatic heterocycles. The number of rotatable bonds is 5. The summed E-state index contributed by atoms with van der Waals surface area (Å²) in [6, 6.07) is 3.45. The van der Waals surface area contributed by atoms with E-state index in [-0.39, 0.29) is 11.9 Å². The normalized spacial score (nSPS) is 21.7. The first kappa shape index (κ1) is 16.4. The molecule has 1 aliphatic rings. The number of nitrogens with zero attached hydrogens (tertiary/aromatic N) is 2. The van der Waals surface area contributed by atoms with Crippen molar-refractivity contribution in [2.75, 3.05) is 26.7 Å². The molecule has 2 atom stereocenters. The molecule has 1 aromatic heterocycles. The van der Waals surface area contributed by atoms with Gasteiger partial charge < -0.3 is 10.2 Å². The Morgan fingerprint density at radius 1 is 1.43 bits per heavy atom. The molecule has 0 amide bonds. The lowest BCUT2D eigenvalue weighted by atomic mass is 9.80. The zero-order valence-electron chi connectivity index (χ0n) is 13.7. The third-order valence-corrected chi connectivity index (χ3v) is 4.69. The quantitative estimate of drug-likeness (QED) is 0.903. The maximum absolute atomic E-state index is 12.9. The van der Waals surface area contributed by atoms with Crippen molar-refractivity contribution < 1.29 is 4.39 Å². The predicted octanol–water partition coefficient (Wildman–Crippen LogP) is 3.24. The van der Waals surface area contributed by atoms with Gasteiger partial charge in [0, 0.05) is 13.1 Å². The lowest BCUT2D eigenvalue weighted by Gasteiger charge is -2.27. The number of pyridine rings is 1. The summed E-state index contributed by atoms with van der Waals surface area (Å²) in [5, 5.41) is 3.29. The van der Waals surface area contributed by atoms with E-state index in [9.17, 15) is 4.39 Å². The van der Waals surface area contributed by atoms with Crippen molar-refractivity contribution in [3.8, 4) is 0 Å². The van der Waals surface area contributed by atoms with Gasteiger partial charge in [-0.25, -0.2) is 4.39 Å². The van der Waals surface area contributed by atoms with Crippen molar-refractivity contribution >= 4 is 0 Å². The minimum absolute atomic E-state index is 0.194. The Balaban J connectivity index is 1.85. The SMILES string of the molecule is CNC(CCN1CCC(C(C)(C)C)C1)c1ccc(F)cn1. The lowest BCUT2D eigenvalue weighted by molar-refractivity contribution is 0.225. The molecule has 1 N–H and O–H groups in total. The maximum Gasteiger partial charge on any atom is 0.141 e. The van der Waals surface area contributed by atoms with Crippen LogP contribution in [0, 0.1) is 17.2 Å². The first-order chi connectivity index (χ1) is 9.90. The Bertz CT molecular complexity index is 438. The van der Waals surface area contributed by atoms with Crippen molar-refractivity contribution in [1.82, 2.24) is 15.2 Å². The molecule has 0 aromatic carbocycles. The third-order valence-electron chi connectivity index (χ3n) is 4.69. The molecule has 1 saturated heterocycles. The van der Waals surface area contributed by atoms with E-state index in [4.69, 9.17) is 0 Å². The zero-order valence-corrected chi connectivity index (χ0v) is 13.7. The topological polar surface area (TPSA) is 28.2 Å². The zero-order chi connectivity index (χ0) is 15.5. The van der Waals surface area contributed by atoms with Gasteiger partial charge in [0.25, 0.3) is 0 Å². The number of halogens is 1. The Kier molecular flexibility index (Phi) is 5.33. The van der Waals surface area contributed by atoms with E-state index in [1.165, 1.54) is 31.8 Å². The van der Waals surface area contributed by atoms with Crippen molar-refractivity contribution in [2.45, 2.75) is 39.7 Å². The number of aromatic nitrogens is 1. The van der Waals surface area contributed by atoms with Gasteiger partial charge in [-0.1, -0.05) is 20.8 Å². The summed E-state index contributed by atoms with van der Waals surface area (Å²) in [5.74, 6) is 0.510. The van der Waals surface area contributed by atoms with E-state index in [0.29, 0.717) is 5.41 Å². The largest absolute Gasteiger partial charge is 0.312 e. The minimum atomic E-state index is -0.277. The second-order valence-electron chi connectivity index (χ2n) is 7.18. The van der Waals surface area contributed by atoms with Gasteiger partial charge in [0.05, 0.1) is 17.9 Å². The second-order valence-corrected chi connectivity index (χ2v) is 7.18. The van der Waals surface area contributed by atoms with Crippen LogP contribution < -0.4 is 5.32 Å². The van der Waals surface area contributed by atoms with Gasteiger partial charge >= 0.3 is 0 Å². The van der Waals surface area contributed by atoms with Crippen molar-refractivity contribution in [2.24, 2.45) is 11.3 Å². The molecule has 118 valence electrons. The molecule has 0 spiro atoms. The van der Waals surface area contributed by atoms with Gasteiger partial charge in [-0.3, -0.25) is 4.98 Å². The van der Waals surface area contributed by atoms with Crippen molar-refractivity contribution in [3.63, 3.8) is 0 Å². The highest BCUT2D eigenvalue weighted by Crippen LogP contribution is 2.33. The van der Waals surface area contributed by atoms with Gasteiger partial charge in [-0.05, 0) is 49.9 Å². The Morgan fingerprint density at radius 2 is 2.19 bits per heavy atom. The van der Waals surface area contributed by atoms with Crippen molar-refractivity contribution in [3.05, 3.63) is 29.8 Å². The molecule has 21 heavy (non-hydrogen) atoms. The molecule has 1 aromatic rings. The minimum Gasteiger partial charge on any atom is -0.312 e. The molecule has 0 bridgehead atoms. The highest BCUT2D eigenvalue weighted by molar-refractivity contribution is 5.09. The summed E-state index contributed by atoms with van der Waals surface area (Å²) in [4.78, 5) is 6.74. The molecule has 1 fully saturated rings. The molecule has 2 rings (SSSR count). The van der Waals surface area contributed by atoms with Crippen LogP contribution in [-0.4, -0.2) is 36.6 Å². The van der Waals surface area contributed by atoms with E-state index in [1.54, 1.807) is 6.07 Å². The molecule has 3 nitrogen and oxygen atoms in total. The summed E-state index contributed by atoms with van der Waals surface area (Å²) in [6.45, 7) is 10.4. The predicted molar refractivity (Wildman–Crippen MR) is 84.6 cm³/mol. The molecule has 4 heteroatoms. The summed E-state index contributed by atoms with van der Waals surface area (Å²) < 4.78 is 12.9. The van der Waals surface area contributed by atoms with Crippen LogP contribution in [0.15, 0.2) is 18.3 Å². The molecule has 0 radical (unpaired) electrons. The summed E-state index contributed by atoms with van der Waals surface area (Å²) in [6.07, 6.45) is 3.60. The fourth-order valence-electron chi connectivity index (χ4n) is 3.09. The van der Waals surface area contributed by atoms with Gasteiger partial charge in [0.15, 0.2) is 0 Å². The molecule has 0 saturated carbocycles. The number of likely N-dealkylation sites (tertiary alicyclic amines) is 1. The summed E-state index contributed by atoms with van der Waals surface area (Å²) in [5.41, 5.74) is 1.32. The van der Waals surface area contributed by atoms with Crippen LogP contribution in [0.25, 0.3) is 0 Å². The third kappa shape index (κ3) is 4.48. The van der Waals surface area contributed by atoms with Crippen LogP contribution in [0.2, 0.25) is 0 Å². The Hall–Kier alpha value is -1.00. The molecule has 0 aliphatic carbocycles. The average molecular weight is 293 g/mol. The first-order valence-corrected chi connectivity index (χ1v) is 7.91. The van der Waals surface area contributed by atoms with Crippen LogP contribution in [0.3, 0.4) is 0 Å². The number of nitrogens with one attached hydrogen (secondary N) is 1. The first-order valence-electron chi connectivity index (χ1n) is 7.91. The van der Waals surface area contributed by atoms with Crippen LogP contribution in [0.1, 0.15) is 45.3 Å². The van der Waals surface area contributed by atoms with Gasteiger partial charge in [-0.2, -0.15) is 0 Å². The molecule has 2 heterocycles. The Morgan fingerprint density at radius 3 is 2.71 bits per heavy atom. The van der Waals surface area contributed by atoms with Gasteiger partial charge in [0.1, 0.15) is 5.82 Å². The fourth-order valence-corrected chi connectivity index (χ4v) is 3.09.